The zero-order valence-corrected chi connectivity index (χ0v) is 11.7. The van der Waals surface area contributed by atoms with Gasteiger partial charge in [-0.3, -0.25) is 0 Å². The summed E-state index contributed by atoms with van der Waals surface area (Å²) < 4.78 is 28.3. The van der Waals surface area contributed by atoms with Crippen molar-refractivity contribution in [3.05, 3.63) is 29.8 Å². The SMILES string of the molecule is CCCCNC(C)CCc1ccc(OC(F)F)cc1. The van der Waals surface area contributed by atoms with E-state index >= 15 is 0 Å². The Kier molecular flexibility index (Phi) is 7.41. The first-order valence-corrected chi connectivity index (χ1v) is 6.89. The maximum absolute atomic E-state index is 12.0. The molecule has 1 aromatic carbocycles. The van der Waals surface area contributed by atoms with Crippen LogP contribution in [0.1, 0.15) is 38.7 Å². The van der Waals surface area contributed by atoms with Crippen molar-refractivity contribution in [1.82, 2.24) is 5.32 Å². The van der Waals surface area contributed by atoms with Crippen molar-refractivity contribution < 1.29 is 13.5 Å². The average molecular weight is 271 g/mol. The monoisotopic (exact) mass is 271 g/mol. The fraction of sp³-hybridized carbons (Fsp3) is 0.600. The predicted octanol–water partition coefficient (Wildman–Crippen LogP) is 4.00. The number of nitrogens with one attached hydrogen (secondary N) is 1. The molecule has 0 fully saturated rings. The molecule has 0 aromatic heterocycles. The molecule has 0 radical (unpaired) electrons. The van der Waals surface area contributed by atoms with E-state index in [-0.39, 0.29) is 5.75 Å². The van der Waals surface area contributed by atoms with E-state index in [4.69, 9.17) is 0 Å². The minimum atomic E-state index is -2.76. The van der Waals surface area contributed by atoms with Crippen molar-refractivity contribution >= 4 is 0 Å². The molecule has 0 heterocycles. The third-order valence-corrected chi connectivity index (χ3v) is 3.04. The van der Waals surface area contributed by atoms with Crippen molar-refractivity contribution in [3.8, 4) is 5.75 Å². The molecule has 0 saturated carbocycles. The number of rotatable bonds is 9. The summed E-state index contributed by atoms with van der Waals surface area (Å²) in [5.41, 5.74) is 1.14. The summed E-state index contributed by atoms with van der Waals surface area (Å²) in [6.45, 7) is 2.65. The van der Waals surface area contributed by atoms with E-state index in [0.717, 1.165) is 24.9 Å². The van der Waals surface area contributed by atoms with Gasteiger partial charge < -0.3 is 10.1 Å². The summed E-state index contributed by atoms with van der Waals surface area (Å²) >= 11 is 0. The number of unbranched alkanes of at least 4 members (excludes halogenated alkanes) is 1. The topological polar surface area (TPSA) is 21.3 Å². The maximum atomic E-state index is 12.0. The van der Waals surface area contributed by atoms with Crippen LogP contribution in [0.4, 0.5) is 8.78 Å². The minimum absolute atomic E-state index is 0.216. The largest absolute Gasteiger partial charge is 0.435 e. The Hall–Kier alpha value is -1.16. The highest BCUT2D eigenvalue weighted by molar-refractivity contribution is 5.27. The second kappa shape index (κ2) is 8.86. The quantitative estimate of drug-likeness (QED) is 0.685. The van der Waals surface area contributed by atoms with Gasteiger partial charge in [-0.05, 0) is 50.4 Å². The molecule has 1 rings (SSSR count). The number of hydrogen-bond acceptors (Lipinski definition) is 2. The second-order valence-corrected chi connectivity index (χ2v) is 4.77. The van der Waals surface area contributed by atoms with Crippen LogP contribution in [0.2, 0.25) is 0 Å². The van der Waals surface area contributed by atoms with Gasteiger partial charge in [0.05, 0.1) is 0 Å². The Labute approximate surface area is 114 Å². The lowest BCUT2D eigenvalue weighted by atomic mass is 10.1. The predicted molar refractivity (Wildman–Crippen MR) is 73.8 cm³/mol. The zero-order chi connectivity index (χ0) is 14.1. The van der Waals surface area contributed by atoms with Gasteiger partial charge >= 0.3 is 6.61 Å². The van der Waals surface area contributed by atoms with Crippen LogP contribution in [0, 0.1) is 0 Å². The van der Waals surface area contributed by atoms with Crippen LogP contribution in [0.3, 0.4) is 0 Å². The van der Waals surface area contributed by atoms with E-state index in [9.17, 15) is 8.78 Å². The average Bonchev–Trinajstić information content (AvgIpc) is 2.37. The van der Waals surface area contributed by atoms with Crippen molar-refractivity contribution in [2.45, 2.75) is 52.2 Å². The number of benzene rings is 1. The van der Waals surface area contributed by atoms with Gasteiger partial charge in [0.15, 0.2) is 0 Å². The van der Waals surface area contributed by atoms with E-state index < -0.39 is 6.61 Å². The summed E-state index contributed by atoms with van der Waals surface area (Å²) in [7, 11) is 0. The van der Waals surface area contributed by atoms with Crippen molar-refractivity contribution in [2.24, 2.45) is 0 Å². The minimum Gasteiger partial charge on any atom is -0.435 e. The molecule has 19 heavy (non-hydrogen) atoms. The van der Waals surface area contributed by atoms with Crippen molar-refractivity contribution in [3.63, 3.8) is 0 Å². The Bertz CT molecular complexity index is 341. The first-order chi connectivity index (χ1) is 9.11. The Balaban J connectivity index is 2.29. The lowest BCUT2D eigenvalue weighted by Gasteiger charge is -2.13. The van der Waals surface area contributed by atoms with Crippen LogP contribution in [0.5, 0.6) is 5.75 Å². The molecule has 2 nitrogen and oxygen atoms in total. The molecule has 1 atom stereocenters. The van der Waals surface area contributed by atoms with Crippen molar-refractivity contribution in [2.75, 3.05) is 6.54 Å². The smallest absolute Gasteiger partial charge is 0.387 e. The Morgan fingerprint density at radius 3 is 2.47 bits per heavy atom. The van der Waals surface area contributed by atoms with Crippen molar-refractivity contribution in [1.29, 1.82) is 0 Å². The van der Waals surface area contributed by atoms with Crippen LogP contribution in [-0.4, -0.2) is 19.2 Å². The van der Waals surface area contributed by atoms with Gasteiger partial charge in [0.1, 0.15) is 5.75 Å². The Morgan fingerprint density at radius 1 is 1.21 bits per heavy atom. The Morgan fingerprint density at radius 2 is 1.89 bits per heavy atom. The first kappa shape index (κ1) is 15.9. The van der Waals surface area contributed by atoms with Gasteiger partial charge in [0.2, 0.25) is 0 Å². The van der Waals surface area contributed by atoms with E-state index in [0.29, 0.717) is 6.04 Å². The van der Waals surface area contributed by atoms with Gasteiger partial charge in [-0.1, -0.05) is 25.5 Å². The maximum Gasteiger partial charge on any atom is 0.387 e. The molecule has 0 spiro atoms. The van der Waals surface area contributed by atoms with Crippen LogP contribution in [0.25, 0.3) is 0 Å². The summed E-state index contributed by atoms with van der Waals surface area (Å²) in [5, 5.41) is 3.47. The second-order valence-electron chi connectivity index (χ2n) is 4.77. The van der Waals surface area contributed by atoms with Crippen LogP contribution in [0.15, 0.2) is 24.3 Å². The molecule has 0 aliphatic carbocycles. The highest BCUT2D eigenvalue weighted by Gasteiger charge is 2.05. The number of alkyl halides is 2. The third-order valence-electron chi connectivity index (χ3n) is 3.04. The highest BCUT2D eigenvalue weighted by atomic mass is 19.3. The highest BCUT2D eigenvalue weighted by Crippen LogP contribution is 2.16. The van der Waals surface area contributed by atoms with Crippen LogP contribution in [-0.2, 0) is 6.42 Å². The van der Waals surface area contributed by atoms with Gasteiger partial charge in [0, 0.05) is 6.04 Å². The lowest BCUT2D eigenvalue weighted by molar-refractivity contribution is -0.0498. The molecule has 108 valence electrons. The van der Waals surface area contributed by atoms with Crippen LogP contribution >= 0.6 is 0 Å². The molecular weight excluding hydrogens is 248 g/mol. The fourth-order valence-electron chi connectivity index (χ4n) is 1.85. The summed E-state index contributed by atoms with van der Waals surface area (Å²) in [5.74, 6) is 0.216. The molecule has 0 aliphatic heterocycles. The molecule has 0 bridgehead atoms. The summed E-state index contributed by atoms with van der Waals surface area (Å²) in [6, 6.07) is 7.35. The van der Waals surface area contributed by atoms with Gasteiger partial charge in [-0.2, -0.15) is 8.78 Å². The first-order valence-electron chi connectivity index (χ1n) is 6.89. The zero-order valence-electron chi connectivity index (χ0n) is 11.7. The lowest BCUT2D eigenvalue weighted by Crippen LogP contribution is -2.27. The number of ether oxygens (including phenoxy) is 1. The molecule has 4 heteroatoms. The van der Waals surface area contributed by atoms with E-state index in [1.807, 2.05) is 12.1 Å². The number of hydrogen-bond donors (Lipinski definition) is 1. The van der Waals surface area contributed by atoms with Gasteiger partial charge in [-0.15, -0.1) is 0 Å². The standard InChI is InChI=1S/C15H23F2NO/c1-3-4-11-18-12(2)5-6-13-7-9-14(10-8-13)19-15(16)17/h7-10,12,15,18H,3-6,11H2,1-2H3. The summed E-state index contributed by atoms with van der Waals surface area (Å²) in [6.07, 6.45) is 4.38. The molecule has 1 aromatic rings. The van der Waals surface area contributed by atoms with Gasteiger partial charge in [-0.25, -0.2) is 0 Å². The molecular formula is C15H23F2NO. The van der Waals surface area contributed by atoms with Crippen LogP contribution < -0.4 is 10.1 Å². The van der Waals surface area contributed by atoms with E-state index in [1.165, 1.54) is 12.8 Å². The molecule has 1 N–H and O–H groups in total. The van der Waals surface area contributed by atoms with E-state index in [2.05, 4.69) is 23.9 Å². The fourth-order valence-corrected chi connectivity index (χ4v) is 1.85. The molecule has 0 saturated heterocycles. The molecule has 0 amide bonds. The summed E-state index contributed by atoms with van der Waals surface area (Å²) in [4.78, 5) is 0. The van der Waals surface area contributed by atoms with E-state index in [1.54, 1.807) is 12.1 Å². The third kappa shape index (κ3) is 7.11. The number of halogens is 2. The van der Waals surface area contributed by atoms with Gasteiger partial charge in [0.25, 0.3) is 0 Å². The molecule has 0 aliphatic rings. The molecule has 1 unspecified atom stereocenters. The normalized spacial score (nSPS) is 12.7. The number of aryl methyl sites for hydroxylation is 1.